The van der Waals surface area contributed by atoms with Crippen LogP contribution in [0.3, 0.4) is 0 Å². The molecule has 3 aromatic rings. The quantitative estimate of drug-likeness (QED) is 0.276. The molecule has 0 aliphatic carbocycles. The van der Waals surface area contributed by atoms with Crippen molar-refractivity contribution in [3.63, 3.8) is 0 Å². The second kappa shape index (κ2) is 11.3. The highest BCUT2D eigenvalue weighted by atomic mass is 35.5. The van der Waals surface area contributed by atoms with Crippen molar-refractivity contribution in [2.45, 2.75) is 19.4 Å². The summed E-state index contributed by atoms with van der Waals surface area (Å²) < 4.78 is 5.60. The summed E-state index contributed by atoms with van der Waals surface area (Å²) in [5.41, 5.74) is 8.27. The third kappa shape index (κ3) is 6.79. The number of halogens is 2. The van der Waals surface area contributed by atoms with Crippen LogP contribution in [0.5, 0.6) is 5.75 Å². The van der Waals surface area contributed by atoms with Gasteiger partial charge in [-0.25, -0.2) is 9.97 Å². The molecule has 0 radical (unpaired) electrons. The molecule has 0 bridgehead atoms. The Morgan fingerprint density at radius 3 is 2.17 bits per heavy atom. The average molecular weight is 535 g/mol. The van der Waals surface area contributed by atoms with Gasteiger partial charge in [0, 0.05) is 37.5 Å². The maximum Gasteiger partial charge on any atom is 0.232 e. The SMILES string of the molecule is COc1cc(N(C)CCN(C)C)c(N)cc1Nc1ncnc(Nc2cc(Cl)c(Cl)cc2C(C)(C)O)n1. The Labute approximate surface area is 221 Å². The average Bonchev–Trinajstić information content (AvgIpc) is 2.79. The van der Waals surface area contributed by atoms with Crippen LogP contribution in [0.25, 0.3) is 0 Å². The van der Waals surface area contributed by atoms with E-state index >= 15 is 0 Å². The molecule has 3 rings (SSSR count). The molecule has 194 valence electrons. The number of anilines is 6. The van der Waals surface area contributed by atoms with Gasteiger partial charge in [-0.05, 0) is 46.1 Å². The molecule has 0 aliphatic rings. The Bertz CT molecular complexity index is 1220. The monoisotopic (exact) mass is 534 g/mol. The summed E-state index contributed by atoms with van der Waals surface area (Å²) in [5, 5.41) is 17.5. The zero-order valence-electron chi connectivity index (χ0n) is 21.2. The molecule has 10 nitrogen and oxygen atoms in total. The van der Waals surface area contributed by atoms with Crippen LogP contribution in [0, 0.1) is 0 Å². The van der Waals surface area contributed by atoms with E-state index in [1.54, 1.807) is 39.2 Å². The Kier molecular flexibility index (Phi) is 8.67. The van der Waals surface area contributed by atoms with Gasteiger partial charge in [-0.3, -0.25) is 0 Å². The van der Waals surface area contributed by atoms with E-state index in [0.717, 1.165) is 18.8 Å². The summed E-state index contributed by atoms with van der Waals surface area (Å²) in [6, 6.07) is 6.88. The molecule has 1 heterocycles. The lowest BCUT2D eigenvalue weighted by atomic mass is 9.96. The van der Waals surface area contributed by atoms with Gasteiger partial charge >= 0.3 is 0 Å². The molecular formula is C24H32Cl2N8O2. The lowest BCUT2D eigenvalue weighted by Crippen LogP contribution is -2.29. The smallest absolute Gasteiger partial charge is 0.232 e. The zero-order valence-corrected chi connectivity index (χ0v) is 22.7. The van der Waals surface area contributed by atoms with Gasteiger partial charge in [0.1, 0.15) is 12.1 Å². The minimum absolute atomic E-state index is 0.239. The van der Waals surface area contributed by atoms with E-state index in [-0.39, 0.29) is 11.9 Å². The standard InChI is InChI=1S/C24H32Cl2N8O2/c1-24(2,35)14-9-15(25)16(26)10-18(14)30-22-28-13-29-23(32-22)31-19-11-17(27)20(12-21(19)36-6)34(5)8-7-33(3)4/h9-13,35H,7-8,27H2,1-6H3,(H2,28,29,30,31,32). The number of nitrogens with two attached hydrogens (primary N) is 1. The van der Waals surface area contributed by atoms with Crippen LogP contribution in [0.2, 0.25) is 10.0 Å². The third-order valence-electron chi connectivity index (χ3n) is 5.43. The minimum Gasteiger partial charge on any atom is -0.494 e. The van der Waals surface area contributed by atoms with Gasteiger partial charge in [-0.2, -0.15) is 4.98 Å². The molecule has 1 aromatic heterocycles. The molecule has 0 spiro atoms. The summed E-state index contributed by atoms with van der Waals surface area (Å²) in [6.45, 7) is 4.98. The number of aliphatic hydroxyl groups is 1. The fraction of sp³-hybridized carbons (Fsp3) is 0.375. The van der Waals surface area contributed by atoms with Gasteiger partial charge in [-0.15, -0.1) is 0 Å². The van der Waals surface area contributed by atoms with E-state index in [1.807, 2.05) is 27.2 Å². The molecule has 0 unspecified atom stereocenters. The fourth-order valence-corrected chi connectivity index (χ4v) is 3.79. The van der Waals surface area contributed by atoms with E-state index in [9.17, 15) is 5.11 Å². The number of nitrogens with zero attached hydrogens (tertiary/aromatic N) is 5. The van der Waals surface area contributed by atoms with E-state index in [4.69, 9.17) is 33.7 Å². The van der Waals surface area contributed by atoms with Crippen molar-refractivity contribution in [1.29, 1.82) is 0 Å². The topological polar surface area (TPSA) is 125 Å². The van der Waals surface area contributed by atoms with Gasteiger partial charge in [0.25, 0.3) is 0 Å². The molecular weight excluding hydrogens is 503 g/mol. The first-order chi connectivity index (χ1) is 16.9. The van der Waals surface area contributed by atoms with E-state index in [2.05, 4.69) is 35.4 Å². The van der Waals surface area contributed by atoms with Crippen molar-refractivity contribution < 1.29 is 9.84 Å². The molecule has 0 fully saturated rings. The molecule has 0 atom stereocenters. The summed E-state index contributed by atoms with van der Waals surface area (Å²) >= 11 is 12.4. The Morgan fingerprint density at radius 2 is 1.58 bits per heavy atom. The molecule has 2 aromatic carbocycles. The second-order valence-electron chi connectivity index (χ2n) is 9.09. The number of aromatic nitrogens is 3. The van der Waals surface area contributed by atoms with Gasteiger partial charge < -0.3 is 36.0 Å². The highest BCUT2D eigenvalue weighted by Crippen LogP contribution is 2.37. The normalized spacial score (nSPS) is 11.5. The number of methoxy groups -OCH3 is 1. The molecule has 0 saturated heterocycles. The highest BCUT2D eigenvalue weighted by molar-refractivity contribution is 6.42. The minimum atomic E-state index is -1.18. The van der Waals surface area contributed by atoms with E-state index in [1.165, 1.54) is 6.33 Å². The van der Waals surface area contributed by atoms with Crippen LogP contribution in [-0.4, -0.2) is 66.3 Å². The van der Waals surface area contributed by atoms with Crippen molar-refractivity contribution >= 4 is 57.8 Å². The summed E-state index contributed by atoms with van der Waals surface area (Å²) in [7, 11) is 7.62. The molecule has 12 heteroatoms. The number of nitrogen functional groups attached to an aromatic ring is 1. The van der Waals surface area contributed by atoms with Crippen molar-refractivity contribution in [2.75, 3.05) is 62.6 Å². The zero-order chi connectivity index (χ0) is 26.6. The first-order valence-electron chi connectivity index (χ1n) is 11.2. The van der Waals surface area contributed by atoms with Crippen LogP contribution in [0.1, 0.15) is 19.4 Å². The first-order valence-corrected chi connectivity index (χ1v) is 11.9. The fourth-order valence-electron chi connectivity index (χ4n) is 3.47. The van der Waals surface area contributed by atoms with Crippen LogP contribution in [0.15, 0.2) is 30.6 Å². The predicted molar refractivity (Wildman–Crippen MR) is 147 cm³/mol. The Morgan fingerprint density at radius 1 is 0.972 bits per heavy atom. The van der Waals surface area contributed by atoms with Crippen LogP contribution in [0.4, 0.5) is 34.6 Å². The van der Waals surface area contributed by atoms with Gasteiger partial charge in [0.2, 0.25) is 11.9 Å². The van der Waals surface area contributed by atoms with Crippen LogP contribution >= 0.6 is 23.2 Å². The number of benzene rings is 2. The van der Waals surface area contributed by atoms with Crippen molar-refractivity contribution in [3.05, 3.63) is 46.2 Å². The van der Waals surface area contributed by atoms with Gasteiger partial charge in [-0.1, -0.05) is 23.2 Å². The molecule has 0 saturated carbocycles. The molecule has 5 N–H and O–H groups in total. The lowest BCUT2D eigenvalue weighted by molar-refractivity contribution is 0.0794. The summed E-state index contributed by atoms with van der Waals surface area (Å²) in [5.74, 6) is 1.09. The summed E-state index contributed by atoms with van der Waals surface area (Å²) in [4.78, 5) is 17.0. The maximum atomic E-state index is 10.6. The van der Waals surface area contributed by atoms with Crippen molar-refractivity contribution in [1.82, 2.24) is 19.9 Å². The Balaban J connectivity index is 1.87. The van der Waals surface area contributed by atoms with E-state index in [0.29, 0.717) is 38.4 Å². The number of rotatable bonds is 10. The number of likely N-dealkylation sites (N-methyl/N-ethyl adjacent to an activating group) is 2. The number of ether oxygens (including phenoxy) is 1. The van der Waals surface area contributed by atoms with Gasteiger partial charge in [0.15, 0.2) is 0 Å². The molecule has 36 heavy (non-hydrogen) atoms. The first kappa shape index (κ1) is 27.5. The summed E-state index contributed by atoms with van der Waals surface area (Å²) in [6.07, 6.45) is 1.36. The molecule has 0 amide bonds. The number of hydrogen-bond acceptors (Lipinski definition) is 10. The van der Waals surface area contributed by atoms with Gasteiger partial charge in [0.05, 0.1) is 39.8 Å². The van der Waals surface area contributed by atoms with Crippen LogP contribution in [-0.2, 0) is 5.60 Å². The Hall–Kier alpha value is -3.05. The third-order valence-corrected chi connectivity index (χ3v) is 6.15. The predicted octanol–water partition coefficient (Wildman–Crippen LogP) is 4.48. The largest absolute Gasteiger partial charge is 0.494 e. The molecule has 0 aliphatic heterocycles. The second-order valence-corrected chi connectivity index (χ2v) is 9.90. The number of hydrogen-bond donors (Lipinski definition) is 4. The van der Waals surface area contributed by atoms with Crippen LogP contribution < -0.4 is 26.0 Å². The highest BCUT2D eigenvalue weighted by Gasteiger charge is 2.23. The van der Waals surface area contributed by atoms with Crippen molar-refractivity contribution in [2.24, 2.45) is 0 Å². The lowest BCUT2D eigenvalue weighted by Gasteiger charge is -2.24. The van der Waals surface area contributed by atoms with Crippen molar-refractivity contribution in [3.8, 4) is 5.75 Å². The van der Waals surface area contributed by atoms with E-state index < -0.39 is 5.60 Å². The number of nitrogens with one attached hydrogen (secondary N) is 2. The maximum absolute atomic E-state index is 10.6.